The van der Waals surface area contributed by atoms with Crippen LogP contribution in [0.3, 0.4) is 0 Å². The minimum Gasteiger partial charge on any atom is -0.489 e. The normalized spacial score (nSPS) is 23.4. The van der Waals surface area contributed by atoms with Crippen molar-refractivity contribution in [2.24, 2.45) is 0 Å². The summed E-state index contributed by atoms with van der Waals surface area (Å²) in [5.41, 5.74) is 1.58. The number of sulfonamides is 1. The molecule has 0 bridgehead atoms. The summed E-state index contributed by atoms with van der Waals surface area (Å²) < 4.78 is 34.4. The zero-order valence-corrected chi connectivity index (χ0v) is 16.3. The van der Waals surface area contributed by atoms with Crippen LogP contribution in [-0.2, 0) is 14.8 Å². The molecule has 146 valence electrons. The molecule has 3 atom stereocenters. The number of rotatable bonds is 5. The second kappa shape index (κ2) is 7.24. The number of benzene rings is 2. The number of ether oxygens (including phenoxy) is 1. The zero-order valence-electron chi connectivity index (χ0n) is 14.7. The van der Waals surface area contributed by atoms with Crippen molar-refractivity contribution in [3.63, 3.8) is 0 Å². The first-order valence-corrected chi connectivity index (χ1v) is 10.7. The van der Waals surface area contributed by atoms with E-state index < -0.39 is 16.0 Å². The number of hydrogen-bond acceptors (Lipinski definition) is 4. The number of carboxylic acid groups (broad SMARTS) is 1. The van der Waals surface area contributed by atoms with Crippen molar-refractivity contribution in [1.82, 2.24) is 4.72 Å². The summed E-state index contributed by atoms with van der Waals surface area (Å²) in [6.45, 7) is 0. The molecule has 0 saturated heterocycles. The van der Waals surface area contributed by atoms with E-state index in [1.54, 1.807) is 18.2 Å². The Labute approximate surface area is 167 Å². The number of nitrogens with one attached hydrogen (secondary N) is 1. The fraction of sp³-hybridized carbons (Fsp3) is 0.250. The third kappa shape index (κ3) is 3.53. The number of carbonyl (C=O) groups is 1. The molecule has 1 saturated carbocycles. The van der Waals surface area contributed by atoms with E-state index in [4.69, 9.17) is 21.4 Å². The van der Waals surface area contributed by atoms with Gasteiger partial charge in [0.2, 0.25) is 10.0 Å². The van der Waals surface area contributed by atoms with Crippen molar-refractivity contribution in [2.45, 2.75) is 35.8 Å². The average Bonchev–Trinajstić information content (AvgIpc) is 3.20. The Balaban J connectivity index is 1.62. The minimum absolute atomic E-state index is 0.116. The minimum atomic E-state index is -3.69. The summed E-state index contributed by atoms with van der Waals surface area (Å²) in [6, 6.07) is 11.3. The van der Waals surface area contributed by atoms with Crippen molar-refractivity contribution < 1.29 is 23.1 Å². The van der Waals surface area contributed by atoms with E-state index in [-0.39, 0.29) is 23.0 Å². The van der Waals surface area contributed by atoms with E-state index in [2.05, 4.69) is 4.72 Å². The molecule has 0 aromatic heterocycles. The quantitative estimate of drug-likeness (QED) is 0.724. The molecule has 2 aliphatic rings. The van der Waals surface area contributed by atoms with E-state index in [0.717, 1.165) is 18.1 Å². The highest BCUT2D eigenvalue weighted by Crippen LogP contribution is 2.49. The molecule has 6 nitrogen and oxygen atoms in total. The van der Waals surface area contributed by atoms with Crippen LogP contribution in [0.1, 0.15) is 29.9 Å². The Morgan fingerprint density at radius 1 is 1.18 bits per heavy atom. The van der Waals surface area contributed by atoms with Gasteiger partial charge in [0.05, 0.1) is 4.90 Å². The van der Waals surface area contributed by atoms with Gasteiger partial charge in [-0.05, 0) is 43.2 Å². The Kier molecular flexibility index (Phi) is 4.91. The highest BCUT2D eigenvalue weighted by atomic mass is 35.5. The van der Waals surface area contributed by atoms with Gasteiger partial charge < -0.3 is 9.84 Å². The van der Waals surface area contributed by atoms with Crippen molar-refractivity contribution in [3.8, 4) is 5.75 Å². The third-order valence-corrected chi connectivity index (χ3v) is 6.89. The highest BCUT2D eigenvalue weighted by Gasteiger charge is 2.46. The van der Waals surface area contributed by atoms with Gasteiger partial charge in [0.1, 0.15) is 11.9 Å². The average molecular weight is 420 g/mol. The first-order chi connectivity index (χ1) is 13.3. The third-order valence-electron chi connectivity index (χ3n) is 5.14. The molecule has 3 unspecified atom stereocenters. The molecule has 2 N–H and O–H groups in total. The fourth-order valence-corrected chi connectivity index (χ4v) is 5.36. The molecular weight excluding hydrogens is 402 g/mol. The van der Waals surface area contributed by atoms with Gasteiger partial charge in [0, 0.05) is 34.2 Å². The summed E-state index contributed by atoms with van der Waals surface area (Å²) in [4.78, 5) is 11.0. The Hall–Kier alpha value is -2.35. The monoisotopic (exact) mass is 419 g/mol. The van der Waals surface area contributed by atoms with Crippen molar-refractivity contribution in [3.05, 3.63) is 64.7 Å². The van der Waals surface area contributed by atoms with E-state index in [1.807, 2.05) is 12.1 Å². The lowest BCUT2D eigenvalue weighted by Gasteiger charge is -2.19. The maximum absolute atomic E-state index is 12.8. The van der Waals surface area contributed by atoms with Gasteiger partial charge in [-0.25, -0.2) is 17.9 Å². The second-order valence-corrected chi connectivity index (χ2v) is 9.03. The van der Waals surface area contributed by atoms with Gasteiger partial charge in [0.15, 0.2) is 0 Å². The highest BCUT2D eigenvalue weighted by molar-refractivity contribution is 7.89. The van der Waals surface area contributed by atoms with Crippen molar-refractivity contribution >= 4 is 33.7 Å². The van der Waals surface area contributed by atoms with Crippen LogP contribution < -0.4 is 9.46 Å². The molecule has 4 rings (SSSR count). The predicted octanol–water partition coefficient (Wildman–Crippen LogP) is 3.42. The number of hydrogen-bond donors (Lipinski definition) is 2. The maximum atomic E-state index is 12.8. The second-order valence-electron chi connectivity index (χ2n) is 6.88. The van der Waals surface area contributed by atoms with Crippen molar-refractivity contribution in [2.75, 3.05) is 0 Å². The van der Waals surface area contributed by atoms with E-state index in [9.17, 15) is 13.2 Å². The Morgan fingerprint density at radius 2 is 1.93 bits per heavy atom. The molecule has 28 heavy (non-hydrogen) atoms. The number of halogens is 1. The van der Waals surface area contributed by atoms with Crippen LogP contribution in [-0.4, -0.2) is 31.6 Å². The van der Waals surface area contributed by atoms with E-state index in [1.165, 1.54) is 18.2 Å². The van der Waals surface area contributed by atoms with Crippen LogP contribution in [0.4, 0.5) is 0 Å². The summed E-state index contributed by atoms with van der Waals surface area (Å²) >= 11 is 5.85. The first-order valence-electron chi connectivity index (χ1n) is 8.83. The molecule has 0 radical (unpaired) electrons. The van der Waals surface area contributed by atoms with Gasteiger partial charge in [-0.15, -0.1) is 0 Å². The maximum Gasteiger partial charge on any atom is 0.328 e. The number of carboxylic acids is 1. The standard InChI is InChI=1S/C20H18ClNO5S/c21-13-5-7-14(8-6-13)28(25,26)22-16-9-10-17-19(16)15-3-1-2-12(20(15)27-17)4-11-18(23)24/h1-8,11,16-17,19,22H,9-10H2,(H,23,24). The van der Waals surface area contributed by atoms with Gasteiger partial charge in [0.25, 0.3) is 0 Å². The van der Waals surface area contributed by atoms with Crippen LogP contribution >= 0.6 is 11.6 Å². The molecule has 1 heterocycles. The molecule has 8 heteroatoms. The molecule has 0 amide bonds. The van der Waals surface area contributed by atoms with Gasteiger partial charge in [-0.2, -0.15) is 0 Å². The van der Waals surface area contributed by atoms with Crippen LogP contribution in [0, 0.1) is 0 Å². The van der Waals surface area contributed by atoms with Gasteiger partial charge >= 0.3 is 5.97 Å². The molecule has 1 aliphatic carbocycles. The topological polar surface area (TPSA) is 92.7 Å². The van der Waals surface area contributed by atoms with Crippen molar-refractivity contribution in [1.29, 1.82) is 0 Å². The van der Waals surface area contributed by atoms with Crippen LogP contribution in [0.2, 0.25) is 5.02 Å². The van der Waals surface area contributed by atoms with Gasteiger partial charge in [-0.1, -0.05) is 29.8 Å². The molecule has 0 spiro atoms. The number of fused-ring (bicyclic) bond motifs is 3. The summed E-state index contributed by atoms with van der Waals surface area (Å²) in [6.07, 6.45) is 3.81. The molecule has 2 aromatic carbocycles. The van der Waals surface area contributed by atoms with Gasteiger partial charge in [-0.3, -0.25) is 0 Å². The predicted molar refractivity (Wildman–Crippen MR) is 105 cm³/mol. The Bertz CT molecular complexity index is 1050. The number of para-hydroxylation sites is 1. The van der Waals surface area contributed by atoms with E-state index in [0.29, 0.717) is 22.8 Å². The summed E-state index contributed by atoms with van der Waals surface area (Å²) in [5, 5.41) is 9.34. The van der Waals surface area contributed by atoms with Crippen LogP contribution in [0.25, 0.3) is 6.08 Å². The zero-order chi connectivity index (χ0) is 19.9. The fourth-order valence-electron chi connectivity index (χ4n) is 3.94. The first kappa shape index (κ1) is 19.0. The SMILES string of the molecule is O=C(O)C=Cc1cccc2c1OC1CCC(NS(=O)(=O)c3ccc(Cl)cc3)C21. The lowest BCUT2D eigenvalue weighted by Crippen LogP contribution is -2.37. The molecular formula is C20H18ClNO5S. The summed E-state index contributed by atoms with van der Waals surface area (Å²) in [7, 11) is -3.69. The molecule has 1 fully saturated rings. The van der Waals surface area contributed by atoms with Crippen LogP contribution in [0.15, 0.2) is 53.4 Å². The molecule has 1 aliphatic heterocycles. The smallest absolute Gasteiger partial charge is 0.328 e. The summed E-state index contributed by atoms with van der Waals surface area (Å²) in [5.74, 6) is -0.523. The lowest BCUT2D eigenvalue weighted by atomic mass is 9.93. The Morgan fingerprint density at radius 3 is 2.64 bits per heavy atom. The largest absolute Gasteiger partial charge is 0.489 e. The molecule has 2 aromatic rings. The lowest BCUT2D eigenvalue weighted by molar-refractivity contribution is -0.131. The number of aliphatic carboxylic acids is 1. The van der Waals surface area contributed by atoms with Crippen LogP contribution in [0.5, 0.6) is 5.75 Å². The van der Waals surface area contributed by atoms with E-state index >= 15 is 0 Å².